The second-order valence-corrected chi connectivity index (χ2v) is 7.46. The molecule has 0 amide bonds. The summed E-state index contributed by atoms with van der Waals surface area (Å²) >= 11 is 6.05. The molecule has 2 rings (SSSR count). The fourth-order valence-corrected chi connectivity index (χ4v) is 3.92. The van der Waals surface area contributed by atoms with Gasteiger partial charge in [0.1, 0.15) is 0 Å². The van der Waals surface area contributed by atoms with Crippen LogP contribution in [0.3, 0.4) is 0 Å². The molecule has 0 aromatic heterocycles. The molecule has 1 aromatic carbocycles. The molecule has 0 heterocycles. The Labute approximate surface area is 126 Å². The van der Waals surface area contributed by atoms with E-state index in [0.717, 1.165) is 18.4 Å². The molecule has 1 saturated carbocycles. The lowest BCUT2D eigenvalue weighted by molar-refractivity contribution is 0.519. The number of hydrogen-bond donors (Lipinski definition) is 2. The highest BCUT2D eigenvalue weighted by Gasteiger charge is 2.20. The van der Waals surface area contributed by atoms with Crippen LogP contribution in [0, 0.1) is 5.92 Å². The second-order valence-electron chi connectivity index (χ2n) is 5.29. The summed E-state index contributed by atoms with van der Waals surface area (Å²) in [6.45, 7) is 1.08. The molecule has 0 radical (unpaired) electrons. The molecule has 6 heteroatoms. The summed E-state index contributed by atoms with van der Waals surface area (Å²) in [6, 6.07) is 4.83. The fraction of sp³-hybridized carbons (Fsp3) is 0.571. The van der Waals surface area contributed by atoms with Gasteiger partial charge in [0.2, 0.25) is 10.0 Å². The van der Waals surface area contributed by atoms with E-state index >= 15 is 0 Å². The minimum Gasteiger partial charge on any atom is -0.316 e. The van der Waals surface area contributed by atoms with E-state index in [-0.39, 0.29) is 4.90 Å². The van der Waals surface area contributed by atoms with Gasteiger partial charge in [-0.3, -0.25) is 0 Å². The molecule has 4 nitrogen and oxygen atoms in total. The van der Waals surface area contributed by atoms with Gasteiger partial charge in [0.05, 0.1) is 4.90 Å². The van der Waals surface area contributed by atoms with Crippen LogP contribution in [0.15, 0.2) is 23.1 Å². The SMILES string of the molecule is CNCc1cc(S(=O)(=O)NCC2CCCC2)ccc1Cl. The monoisotopic (exact) mass is 316 g/mol. The fourth-order valence-electron chi connectivity index (χ4n) is 2.57. The van der Waals surface area contributed by atoms with Gasteiger partial charge in [-0.15, -0.1) is 0 Å². The second kappa shape index (κ2) is 6.89. The van der Waals surface area contributed by atoms with Gasteiger partial charge in [0.25, 0.3) is 0 Å². The Morgan fingerprint density at radius 1 is 1.30 bits per heavy atom. The van der Waals surface area contributed by atoms with Gasteiger partial charge in [-0.05, 0) is 49.6 Å². The van der Waals surface area contributed by atoms with Crippen molar-refractivity contribution in [2.45, 2.75) is 37.1 Å². The van der Waals surface area contributed by atoms with Crippen molar-refractivity contribution in [1.29, 1.82) is 0 Å². The van der Waals surface area contributed by atoms with Gasteiger partial charge in [-0.25, -0.2) is 13.1 Å². The Morgan fingerprint density at radius 2 is 2.00 bits per heavy atom. The third-order valence-corrected chi connectivity index (χ3v) is 5.52. The Balaban J connectivity index is 2.09. The van der Waals surface area contributed by atoms with Crippen molar-refractivity contribution in [1.82, 2.24) is 10.0 Å². The van der Waals surface area contributed by atoms with Gasteiger partial charge in [0.15, 0.2) is 0 Å². The third-order valence-electron chi connectivity index (χ3n) is 3.73. The Bertz CT molecular complexity index is 554. The van der Waals surface area contributed by atoms with Crippen LogP contribution < -0.4 is 10.0 Å². The van der Waals surface area contributed by atoms with Gasteiger partial charge >= 0.3 is 0 Å². The van der Waals surface area contributed by atoms with Crippen molar-refractivity contribution in [3.05, 3.63) is 28.8 Å². The molecule has 0 unspecified atom stereocenters. The summed E-state index contributed by atoms with van der Waals surface area (Å²) in [4.78, 5) is 0.283. The lowest BCUT2D eigenvalue weighted by Gasteiger charge is -2.12. The van der Waals surface area contributed by atoms with E-state index in [4.69, 9.17) is 11.6 Å². The molecule has 1 aromatic rings. The third kappa shape index (κ3) is 3.95. The van der Waals surface area contributed by atoms with Crippen LogP contribution in [-0.2, 0) is 16.6 Å². The van der Waals surface area contributed by atoms with Gasteiger partial charge in [0, 0.05) is 18.1 Å². The Kier molecular flexibility index (Phi) is 5.43. The first-order valence-electron chi connectivity index (χ1n) is 6.95. The molecular weight excluding hydrogens is 296 g/mol. The zero-order chi connectivity index (χ0) is 14.6. The molecule has 1 fully saturated rings. The summed E-state index contributed by atoms with van der Waals surface area (Å²) in [6.07, 6.45) is 4.65. The summed E-state index contributed by atoms with van der Waals surface area (Å²) in [5, 5.41) is 3.56. The number of benzene rings is 1. The van der Waals surface area contributed by atoms with E-state index < -0.39 is 10.0 Å². The minimum absolute atomic E-state index is 0.283. The lowest BCUT2D eigenvalue weighted by Crippen LogP contribution is -2.28. The maximum Gasteiger partial charge on any atom is 0.240 e. The zero-order valence-electron chi connectivity index (χ0n) is 11.7. The smallest absolute Gasteiger partial charge is 0.240 e. The molecular formula is C14H21ClN2O2S. The van der Waals surface area contributed by atoms with Crippen LogP contribution in [0.25, 0.3) is 0 Å². The molecule has 112 valence electrons. The average Bonchev–Trinajstić information content (AvgIpc) is 2.92. The van der Waals surface area contributed by atoms with Crippen molar-refractivity contribution in [3.63, 3.8) is 0 Å². The number of hydrogen-bond acceptors (Lipinski definition) is 3. The van der Waals surface area contributed by atoms with Crippen LogP contribution >= 0.6 is 11.6 Å². The highest BCUT2D eigenvalue weighted by atomic mass is 35.5. The standard InChI is InChI=1S/C14H21ClN2O2S/c1-16-10-12-8-13(6-7-14(12)15)20(18,19)17-9-11-4-2-3-5-11/h6-8,11,16-17H,2-5,9-10H2,1H3. The quantitative estimate of drug-likeness (QED) is 0.848. The van der Waals surface area contributed by atoms with Crippen LogP contribution in [0.4, 0.5) is 0 Å². The summed E-state index contributed by atoms with van der Waals surface area (Å²) in [5.74, 6) is 0.480. The molecule has 0 bridgehead atoms. The van der Waals surface area contributed by atoms with Crippen molar-refractivity contribution < 1.29 is 8.42 Å². The first-order valence-corrected chi connectivity index (χ1v) is 8.82. The number of sulfonamides is 1. The molecule has 1 aliphatic rings. The van der Waals surface area contributed by atoms with E-state index in [2.05, 4.69) is 10.0 Å². The van der Waals surface area contributed by atoms with Crippen LogP contribution in [0.2, 0.25) is 5.02 Å². The topological polar surface area (TPSA) is 58.2 Å². The Morgan fingerprint density at radius 3 is 2.65 bits per heavy atom. The van der Waals surface area contributed by atoms with Crippen LogP contribution in [0.1, 0.15) is 31.2 Å². The maximum atomic E-state index is 12.3. The predicted octanol–water partition coefficient (Wildman–Crippen LogP) is 2.53. The molecule has 0 spiro atoms. The van der Waals surface area contributed by atoms with Crippen molar-refractivity contribution in [2.75, 3.05) is 13.6 Å². The summed E-state index contributed by atoms with van der Waals surface area (Å²) in [5.41, 5.74) is 0.790. The normalized spacial score (nSPS) is 16.7. The number of halogens is 1. The van der Waals surface area contributed by atoms with E-state index in [1.165, 1.54) is 12.8 Å². The predicted molar refractivity (Wildman–Crippen MR) is 81.4 cm³/mol. The van der Waals surface area contributed by atoms with Gasteiger partial charge < -0.3 is 5.32 Å². The van der Waals surface area contributed by atoms with Crippen LogP contribution in [0.5, 0.6) is 0 Å². The molecule has 20 heavy (non-hydrogen) atoms. The molecule has 0 saturated heterocycles. The van der Waals surface area contributed by atoms with E-state index in [1.54, 1.807) is 25.2 Å². The minimum atomic E-state index is -3.44. The van der Waals surface area contributed by atoms with E-state index in [9.17, 15) is 8.42 Å². The average molecular weight is 317 g/mol. The zero-order valence-corrected chi connectivity index (χ0v) is 13.2. The molecule has 1 aliphatic carbocycles. The first kappa shape index (κ1) is 15.8. The summed E-state index contributed by atoms with van der Waals surface area (Å²) in [7, 11) is -1.64. The van der Waals surface area contributed by atoms with Crippen molar-refractivity contribution in [2.24, 2.45) is 5.92 Å². The molecule has 0 atom stereocenters. The largest absolute Gasteiger partial charge is 0.316 e. The van der Waals surface area contributed by atoms with Crippen molar-refractivity contribution in [3.8, 4) is 0 Å². The molecule has 0 aliphatic heterocycles. The molecule has 2 N–H and O–H groups in total. The van der Waals surface area contributed by atoms with E-state index in [1.807, 2.05) is 0 Å². The highest BCUT2D eigenvalue weighted by Crippen LogP contribution is 2.25. The Hall–Kier alpha value is -0.620. The number of nitrogens with one attached hydrogen (secondary N) is 2. The maximum absolute atomic E-state index is 12.3. The van der Waals surface area contributed by atoms with Gasteiger partial charge in [-0.1, -0.05) is 24.4 Å². The lowest BCUT2D eigenvalue weighted by atomic mass is 10.1. The highest BCUT2D eigenvalue weighted by molar-refractivity contribution is 7.89. The van der Waals surface area contributed by atoms with E-state index in [0.29, 0.717) is 24.0 Å². The number of rotatable bonds is 6. The first-order chi connectivity index (χ1) is 9.53. The summed E-state index contributed by atoms with van der Waals surface area (Å²) < 4.78 is 27.3. The van der Waals surface area contributed by atoms with Crippen LogP contribution in [-0.4, -0.2) is 22.0 Å². The van der Waals surface area contributed by atoms with Gasteiger partial charge in [-0.2, -0.15) is 0 Å². The van der Waals surface area contributed by atoms with Crippen molar-refractivity contribution >= 4 is 21.6 Å².